The fourth-order valence-electron chi connectivity index (χ4n) is 0.999. The van der Waals surface area contributed by atoms with Crippen LogP contribution in [0.15, 0.2) is 17.0 Å². The SMILES string of the molecule is Cc1cc(C=C(S)C(=O)O)c(F)cc1F. The third-order valence-corrected chi connectivity index (χ3v) is 2.11. The highest BCUT2D eigenvalue weighted by atomic mass is 32.1. The molecule has 0 aliphatic rings. The van der Waals surface area contributed by atoms with Gasteiger partial charge in [-0.3, -0.25) is 0 Å². The molecule has 0 spiro atoms. The van der Waals surface area contributed by atoms with Crippen LogP contribution in [0.3, 0.4) is 0 Å². The summed E-state index contributed by atoms with van der Waals surface area (Å²) in [5, 5.41) is 8.52. The van der Waals surface area contributed by atoms with Gasteiger partial charge in [0.1, 0.15) is 11.6 Å². The van der Waals surface area contributed by atoms with E-state index in [1.54, 1.807) is 0 Å². The van der Waals surface area contributed by atoms with E-state index in [0.717, 1.165) is 6.08 Å². The highest BCUT2D eigenvalue weighted by Gasteiger charge is 2.08. The van der Waals surface area contributed by atoms with E-state index in [4.69, 9.17) is 5.11 Å². The number of carboxylic acids is 1. The van der Waals surface area contributed by atoms with Crippen molar-refractivity contribution in [1.82, 2.24) is 0 Å². The summed E-state index contributed by atoms with van der Waals surface area (Å²) in [6.07, 6.45) is 1.03. The highest BCUT2D eigenvalue weighted by Crippen LogP contribution is 2.18. The highest BCUT2D eigenvalue weighted by molar-refractivity contribution is 7.85. The zero-order chi connectivity index (χ0) is 11.6. The van der Waals surface area contributed by atoms with E-state index >= 15 is 0 Å². The van der Waals surface area contributed by atoms with Gasteiger partial charge in [-0.2, -0.15) is 0 Å². The average Bonchev–Trinajstić information content (AvgIpc) is 2.13. The second-order valence-electron chi connectivity index (χ2n) is 2.96. The van der Waals surface area contributed by atoms with Crippen molar-refractivity contribution in [3.05, 3.63) is 39.8 Å². The lowest BCUT2D eigenvalue weighted by Crippen LogP contribution is -1.95. The molecular weight excluding hydrogens is 222 g/mol. The molecule has 0 saturated heterocycles. The molecule has 0 bridgehead atoms. The van der Waals surface area contributed by atoms with Crippen LogP contribution in [-0.2, 0) is 4.79 Å². The van der Waals surface area contributed by atoms with Gasteiger partial charge in [0.05, 0.1) is 4.91 Å². The van der Waals surface area contributed by atoms with Crippen LogP contribution in [0.25, 0.3) is 6.08 Å². The monoisotopic (exact) mass is 230 g/mol. The molecule has 5 heteroatoms. The van der Waals surface area contributed by atoms with Gasteiger partial charge in [0, 0.05) is 11.6 Å². The molecule has 0 atom stereocenters. The summed E-state index contributed by atoms with van der Waals surface area (Å²) in [5.41, 5.74) is 0.246. The Labute approximate surface area is 90.6 Å². The number of aliphatic carboxylic acids is 1. The molecule has 0 aliphatic heterocycles. The smallest absolute Gasteiger partial charge is 0.341 e. The number of benzene rings is 1. The van der Waals surface area contributed by atoms with Crippen LogP contribution in [-0.4, -0.2) is 11.1 Å². The Hall–Kier alpha value is -1.36. The van der Waals surface area contributed by atoms with E-state index in [2.05, 4.69) is 12.6 Å². The first-order valence-corrected chi connectivity index (χ1v) is 4.46. The molecule has 80 valence electrons. The van der Waals surface area contributed by atoms with Crippen molar-refractivity contribution in [2.24, 2.45) is 0 Å². The first-order valence-electron chi connectivity index (χ1n) is 4.01. The number of hydrogen-bond acceptors (Lipinski definition) is 2. The van der Waals surface area contributed by atoms with Gasteiger partial charge < -0.3 is 5.11 Å². The van der Waals surface area contributed by atoms with Crippen LogP contribution in [0.2, 0.25) is 0 Å². The summed E-state index contributed by atoms with van der Waals surface area (Å²) in [5.74, 6) is -2.74. The van der Waals surface area contributed by atoms with Crippen molar-refractivity contribution in [3.8, 4) is 0 Å². The van der Waals surface area contributed by atoms with Gasteiger partial charge in [0.2, 0.25) is 0 Å². The molecule has 0 saturated carbocycles. The van der Waals surface area contributed by atoms with Crippen LogP contribution in [0.5, 0.6) is 0 Å². The summed E-state index contributed by atoms with van der Waals surface area (Å²) >= 11 is 3.64. The van der Waals surface area contributed by atoms with Crippen LogP contribution >= 0.6 is 12.6 Å². The molecule has 0 aliphatic carbocycles. The Morgan fingerprint density at radius 1 is 1.40 bits per heavy atom. The largest absolute Gasteiger partial charge is 0.477 e. The van der Waals surface area contributed by atoms with Crippen LogP contribution in [0, 0.1) is 18.6 Å². The predicted molar refractivity (Wildman–Crippen MR) is 55.7 cm³/mol. The summed E-state index contributed by atoms with van der Waals surface area (Å²) in [6, 6.07) is 1.94. The standard InChI is InChI=1S/C10H8F2O2S/c1-5-2-6(3-9(15)10(13)14)8(12)4-7(5)11/h2-4,15H,1H3,(H,13,14). The lowest BCUT2D eigenvalue weighted by Gasteiger charge is -2.01. The molecule has 0 heterocycles. The van der Waals surface area contributed by atoms with Crippen LogP contribution in [0.4, 0.5) is 8.78 Å². The van der Waals surface area contributed by atoms with Crippen molar-refractivity contribution in [3.63, 3.8) is 0 Å². The normalized spacial score (nSPS) is 11.6. The number of carbonyl (C=O) groups is 1. The van der Waals surface area contributed by atoms with Gasteiger partial charge in [-0.25, -0.2) is 13.6 Å². The Kier molecular flexibility index (Phi) is 3.47. The molecule has 1 N–H and O–H groups in total. The van der Waals surface area contributed by atoms with Gasteiger partial charge in [0.15, 0.2) is 0 Å². The molecule has 15 heavy (non-hydrogen) atoms. The van der Waals surface area contributed by atoms with E-state index in [9.17, 15) is 13.6 Å². The minimum atomic E-state index is -1.26. The molecule has 0 unspecified atom stereocenters. The van der Waals surface area contributed by atoms with E-state index in [-0.39, 0.29) is 16.0 Å². The van der Waals surface area contributed by atoms with E-state index in [0.29, 0.717) is 6.07 Å². The van der Waals surface area contributed by atoms with E-state index < -0.39 is 17.6 Å². The fraction of sp³-hybridized carbons (Fsp3) is 0.100. The second kappa shape index (κ2) is 4.44. The molecule has 1 aromatic carbocycles. The third kappa shape index (κ3) is 2.79. The van der Waals surface area contributed by atoms with Gasteiger partial charge in [-0.15, -0.1) is 12.6 Å². The maximum Gasteiger partial charge on any atom is 0.341 e. The lowest BCUT2D eigenvalue weighted by atomic mass is 10.1. The Morgan fingerprint density at radius 3 is 2.53 bits per heavy atom. The van der Waals surface area contributed by atoms with Gasteiger partial charge in [0.25, 0.3) is 0 Å². The number of aryl methyl sites for hydroxylation is 1. The molecule has 2 nitrogen and oxygen atoms in total. The molecule has 1 aromatic rings. The lowest BCUT2D eigenvalue weighted by molar-refractivity contribution is -0.131. The number of halogens is 2. The molecular formula is C10H8F2O2S. The zero-order valence-corrected chi connectivity index (χ0v) is 8.69. The minimum Gasteiger partial charge on any atom is -0.477 e. The number of hydrogen-bond donors (Lipinski definition) is 2. The summed E-state index contributed by atoms with van der Waals surface area (Å²) in [6.45, 7) is 1.46. The first-order chi connectivity index (χ1) is 6.91. The van der Waals surface area contributed by atoms with Crippen molar-refractivity contribution >= 4 is 24.7 Å². The third-order valence-electron chi connectivity index (χ3n) is 1.79. The van der Waals surface area contributed by atoms with Crippen molar-refractivity contribution < 1.29 is 18.7 Å². The number of thiol groups is 1. The minimum absolute atomic E-state index is 0.00120. The zero-order valence-electron chi connectivity index (χ0n) is 7.79. The summed E-state index contributed by atoms with van der Waals surface area (Å²) in [4.78, 5) is 10.1. The van der Waals surface area contributed by atoms with Crippen LogP contribution < -0.4 is 0 Å². The topological polar surface area (TPSA) is 37.3 Å². The second-order valence-corrected chi connectivity index (χ2v) is 3.44. The summed E-state index contributed by atoms with van der Waals surface area (Å²) < 4.78 is 26.0. The number of carboxylic acid groups (broad SMARTS) is 1. The predicted octanol–water partition coefficient (Wildman–Crippen LogP) is 2.63. The van der Waals surface area contributed by atoms with Crippen molar-refractivity contribution in [2.75, 3.05) is 0 Å². The molecule has 1 rings (SSSR count). The van der Waals surface area contributed by atoms with Crippen molar-refractivity contribution in [1.29, 1.82) is 0 Å². The average molecular weight is 230 g/mol. The summed E-state index contributed by atoms with van der Waals surface area (Å²) in [7, 11) is 0. The van der Waals surface area contributed by atoms with Gasteiger partial charge >= 0.3 is 5.97 Å². The maximum atomic E-state index is 13.1. The van der Waals surface area contributed by atoms with Gasteiger partial charge in [-0.1, -0.05) is 0 Å². The van der Waals surface area contributed by atoms with Crippen molar-refractivity contribution in [2.45, 2.75) is 6.92 Å². The fourth-order valence-corrected chi connectivity index (χ4v) is 1.14. The number of rotatable bonds is 2. The Balaban J connectivity index is 3.22. The molecule has 0 fully saturated rings. The van der Waals surface area contributed by atoms with E-state index in [1.165, 1.54) is 13.0 Å². The molecule has 0 aromatic heterocycles. The van der Waals surface area contributed by atoms with Crippen LogP contribution in [0.1, 0.15) is 11.1 Å². The quantitative estimate of drug-likeness (QED) is 0.605. The Bertz CT molecular complexity index is 441. The Morgan fingerprint density at radius 2 is 2.00 bits per heavy atom. The van der Waals surface area contributed by atoms with Gasteiger partial charge in [-0.05, 0) is 24.6 Å². The first kappa shape index (κ1) is 11.7. The van der Waals surface area contributed by atoms with E-state index in [1.807, 2.05) is 0 Å². The molecule has 0 radical (unpaired) electrons. The molecule has 0 amide bonds. The maximum absolute atomic E-state index is 13.1.